The van der Waals surface area contributed by atoms with Crippen LogP contribution in [0.2, 0.25) is 0 Å². The molecule has 1 aliphatic carbocycles. The van der Waals surface area contributed by atoms with Gasteiger partial charge in [0.1, 0.15) is 5.60 Å². The normalized spacial score (nSPS) is 21.8. The second-order valence-electron chi connectivity index (χ2n) is 5.16. The minimum atomic E-state index is -0.327. The third kappa shape index (κ3) is 3.37. The van der Waals surface area contributed by atoms with Gasteiger partial charge in [0.05, 0.1) is 5.92 Å². The molecule has 0 spiro atoms. The van der Waals surface area contributed by atoms with E-state index in [-0.39, 0.29) is 17.5 Å². The van der Waals surface area contributed by atoms with E-state index in [0.29, 0.717) is 5.92 Å². The molecular formula is C13H22O2. The predicted molar refractivity (Wildman–Crippen MR) is 61.5 cm³/mol. The number of carbonyl (C=O) groups is 1. The molecule has 0 N–H and O–H groups in total. The van der Waals surface area contributed by atoms with Gasteiger partial charge < -0.3 is 4.74 Å². The Hall–Kier alpha value is -0.790. The lowest BCUT2D eigenvalue weighted by Crippen LogP contribution is -2.38. The molecule has 0 saturated heterocycles. The molecule has 1 aliphatic rings. The summed E-state index contributed by atoms with van der Waals surface area (Å²) in [6.45, 7) is 7.80. The van der Waals surface area contributed by atoms with E-state index in [1.165, 1.54) is 0 Å². The quantitative estimate of drug-likeness (QED) is 0.527. The third-order valence-electron chi connectivity index (χ3n) is 3.09. The smallest absolute Gasteiger partial charge is 0.308 e. The topological polar surface area (TPSA) is 26.3 Å². The molecule has 1 unspecified atom stereocenters. The van der Waals surface area contributed by atoms with Crippen molar-refractivity contribution < 1.29 is 9.53 Å². The summed E-state index contributed by atoms with van der Waals surface area (Å²) < 4.78 is 5.57. The van der Waals surface area contributed by atoms with Crippen molar-refractivity contribution >= 4 is 5.97 Å². The van der Waals surface area contributed by atoms with E-state index < -0.39 is 0 Å². The van der Waals surface area contributed by atoms with Crippen LogP contribution in [0, 0.1) is 11.8 Å². The van der Waals surface area contributed by atoms with E-state index in [2.05, 4.69) is 12.2 Å². The summed E-state index contributed by atoms with van der Waals surface area (Å²) in [5.41, 5.74) is -0.327. The summed E-state index contributed by atoms with van der Waals surface area (Å²) in [6, 6.07) is 0. The fraction of sp³-hybridized carbons (Fsp3) is 0.769. The first-order valence-corrected chi connectivity index (χ1v) is 5.81. The van der Waals surface area contributed by atoms with Crippen LogP contribution < -0.4 is 0 Å². The molecule has 0 radical (unpaired) electrons. The van der Waals surface area contributed by atoms with Gasteiger partial charge in [0.15, 0.2) is 0 Å². The first-order chi connectivity index (χ1) is 6.93. The van der Waals surface area contributed by atoms with Crippen LogP contribution in [0.3, 0.4) is 0 Å². The molecule has 0 aliphatic heterocycles. The lowest BCUT2D eigenvalue weighted by molar-refractivity contribution is -0.166. The summed E-state index contributed by atoms with van der Waals surface area (Å²) >= 11 is 0. The van der Waals surface area contributed by atoms with Crippen molar-refractivity contribution in [3.63, 3.8) is 0 Å². The molecule has 0 amide bonds. The van der Waals surface area contributed by atoms with Crippen molar-refractivity contribution in [1.82, 2.24) is 0 Å². The van der Waals surface area contributed by atoms with Crippen molar-refractivity contribution in [2.75, 3.05) is 0 Å². The zero-order valence-corrected chi connectivity index (χ0v) is 10.2. The molecule has 0 saturated carbocycles. The van der Waals surface area contributed by atoms with Crippen molar-refractivity contribution in [1.29, 1.82) is 0 Å². The third-order valence-corrected chi connectivity index (χ3v) is 3.09. The molecule has 2 nitrogen and oxygen atoms in total. The van der Waals surface area contributed by atoms with Gasteiger partial charge in [0.25, 0.3) is 0 Å². The Kier molecular flexibility index (Phi) is 3.95. The van der Waals surface area contributed by atoms with Crippen LogP contribution in [0.4, 0.5) is 0 Å². The molecule has 1 rings (SSSR count). The SMILES string of the molecule is CC(C)C(=O)OC(C)(C)C1CC=CCC1. The number of hydrogen-bond acceptors (Lipinski definition) is 2. The molecule has 0 aromatic rings. The van der Waals surface area contributed by atoms with Crippen molar-refractivity contribution in [3.05, 3.63) is 12.2 Å². The van der Waals surface area contributed by atoms with Crippen molar-refractivity contribution in [3.8, 4) is 0 Å². The molecule has 2 heteroatoms. The van der Waals surface area contributed by atoms with Gasteiger partial charge in [-0.3, -0.25) is 4.79 Å². The van der Waals surface area contributed by atoms with Gasteiger partial charge in [-0.1, -0.05) is 26.0 Å². The number of allylic oxidation sites excluding steroid dienone is 2. The van der Waals surface area contributed by atoms with Crippen LogP contribution in [0.1, 0.15) is 47.0 Å². The number of ether oxygens (including phenoxy) is 1. The molecule has 0 fully saturated rings. The van der Waals surface area contributed by atoms with E-state index in [4.69, 9.17) is 4.74 Å². The Morgan fingerprint density at radius 1 is 1.40 bits per heavy atom. The molecule has 86 valence electrons. The Morgan fingerprint density at radius 2 is 2.07 bits per heavy atom. The Balaban J connectivity index is 2.57. The number of esters is 1. The average Bonchev–Trinajstić information content (AvgIpc) is 2.18. The predicted octanol–water partition coefficient (Wildman–Crippen LogP) is 3.32. The van der Waals surface area contributed by atoms with E-state index in [1.54, 1.807) is 0 Å². The van der Waals surface area contributed by atoms with Crippen LogP contribution in [-0.4, -0.2) is 11.6 Å². The number of rotatable bonds is 3. The molecular weight excluding hydrogens is 188 g/mol. The Bertz CT molecular complexity index is 251. The Morgan fingerprint density at radius 3 is 2.53 bits per heavy atom. The zero-order valence-electron chi connectivity index (χ0n) is 10.2. The van der Waals surface area contributed by atoms with Crippen LogP contribution in [0.15, 0.2) is 12.2 Å². The van der Waals surface area contributed by atoms with Gasteiger partial charge in [-0.15, -0.1) is 0 Å². The van der Waals surface area contributed by atoms with Gasteiger partial charge in [-0.25, -0.2) is 0 Å². The van der Waals surface area contributed by atoms with Crippen LogP contribution >= 0.6 is 0 Å². The van der Waals surface area contributed by atoms with Gasteiger partial charge in [0, 0.05) is 5.92 Å². The van der Waals surface area contributed by atoms with E-state index in [1.807, 2.05) is 27.7 Å². The highest BCUT2D eigenvalue weighted by Crippen LogP contribution is 2.32. The summed E-state index contributed by atoms with van der Waals surface area (Å²) in [4.78, 5) is 11.6. The highest BCUT2D eigenvalue weighted by atomic mass is 16.6. The molecule has 0 aromatic carbocycles. The van der Waals surface area contributed by atoms with Gasteiger partial charge in [0.2, 0.25) is 0 Å². The van der Waals surface area contributed by atoms with Gasteiger partial charge in [-0.2, -0.15) is 0 Å². The standard InChI is InChI=1S/C13H22O2/c1-10(2)12(14)15-13(3,4)11-8-6-5-7-9-11/h5-6,10-11H,7-9H2,1-4H3. The van der Waals surface area contributed by atoms with Crippen LogP contribution in [0.5, 0.6) is 0 Å². The maximum absolute atomic E-state index is 11.6. The summed E-state index contributed by atoms with van der Waals surface area (Å²) in [7, 11) is 0. The fourth-order valence-corrected chi connectivity index (χ4v) is 1.89. The lowest BCUT2D eigenvalue weighted by atomic mass is 9.81. The zero-order chi connectivity index (χ0) is 11.5. The molecule has 15 heavy (non-hydrogen) atoms. The second-order valence-corrected chi connectivity index (χ2v) is 5.16. The van der Waals surface area contributed by atoms with Gasteiger partial charge >= 0.3 is 5.97 Å². The van der Waals surface area contributed by atoms with E-state index >= 15 is 0 Å². The largest absolute Gasteiger partial charge is 0.459 e. The van der Waals surface area contributed by atoms with Crippen molar-refractivity contribution in [2.24, 2.45) is 11.8 Å². The van der Waals surface area contributed by atoms with Crippen LogP contribution in [0.25, 0.3) is 0 Å². The second kappa shape index (κ2) is 4.82. The monoisotopic (exact) mass is 210 g/mol. The minimum absolute atomic E-state index is 0.0385. The maximum Gasteiger partial charge on any atom is 0.308 e. The molecule has 0 heterocycles. The fourth-order valence-electron chi connectivity index (χ4n) is 1.89. The summed E-state index contributed by atoms with van der Waals surface area (Å²) in [5, 5.41) is 0. The molecule has 1 atom stereocenters. The first-order valence-electron chi connectivity index (χ1n) is 5.81. The number of hydrogen-bond donors (Lipinski definition) is 0. The lowest BCUT2D eigenvalue weighted by Gasteiger charge is -2.35. The highest BCUT2D eigenvalue weighted by Gasteiger charge is 2.33. The van der Waals surface area contributed by atoms with E-state index in [9.17, 15) is 4.79 Å². The van der Waals surface area contributed by atoms with Crippen molar-refractivity contribution in [2.45, 2.75) is 52.6 Å². The summed E-state index contributed by atoms with van der Waals surface area (Å²) in [5.74, 6) is 0.336. The van der Waals surface area contributed by atoms with Crippen LogP contribution in [-0.2, 0) is 9.53 Å². The van der Waals surface area contributed by atoms with E-state index in [0.717, 1.165) is 19.3 Å². The molecule has 0 bridgehead atoms. The summed E-state index contributed by atoms with van der Waals surface area (Å²) in [6.07, 6.45) is 7.65. The Labute approximate surface area is 92.7 Å². The average molecular weight is 210 g/mol. The highest BCUT2D eigenvalue weighted by molar-refractivity contribution is 5.72. The maximum atomic E-state index is 11.6. The molecule has 0 aromatic heterocycles. The number of carbonyl (C=O) groups excluding carboxylic acids is 1. The minimum Gasteiger partial charge on any atom is -0.459 e. The first kappa shape index (κ1) is 12.3. The van der Waals surface area contributed by atoms with Gasteiger partial charge in [-0.05, 0) is 33.1 Å².